The number of amides is 1. The van der Waals surface area contributed by atoms with Gasteiger partial charge in [0, 0.05) is 21.8 Å². The minimum atomic E-state index is -0.252. The number of carbonyl (C=O) groups is 2. The zero-order valence-electron chi connectivity index (χ0n) is 14.2. The first-order chi connectivity index (χ1) is 13.0. The number of aromatic nitrogens is 2. The maximum absolute atomic E-state index is 12.5. The van der Waals surface area contributed by atoms with E-state index < -0.39 is 0 Å². The Kier molecular flexibility index (Phi) is 4.72. The van der Waals surface area contributed by atoms with Crippen molar-refractivity contribution in [1.29, 1.82) is 0 Å². The molecule has 0 spiro atoms. The van der Waals surface area contributed by atoms with E-state index in [0.29, 0.717) is 21.7 Å². The van der Waals surface area contributed by atoms with Crippen molar-refractivity contribution in [1.82, 2.24) is 10.2 Å². The summed E-state index contributed by atoms with van der Waals surface area (Å²) in [6.45, 7) is 1.82. The van der Waals surface area contributed by atoms with E-state index in [2.05, 4.69) is 15.5 Å². The lowest BCUT2D eigenvalue weighted by Crippen LogP contribution is -2.08. The second-order valence-corrected chi connectivity index (χ2v) is 7.47. The molecular formula is C19H14ClN3O3S. The van der Waals surface area contributed by atoms with Crippen LogP contribution in [-0.4, -0.2) is 27.6 Å². The molecule has 0 aliphatic carbocycles. The molecule has 1 aliphatic rings. The smallest absolute Gasteiger partial charge is 0.277 e. The van der Waals surface area contributed by atoms with E-state index in [4.69, 9.17) is 16.0 Å². The van der Waals surface area contributed by atoms with Gasteiger partial charge in [-0.15, -0.1) is 10.2 Å². The number of halogens is 1. The summed E-state index contributed by atoms with van der Waals surface area (Å²) in [6.07, 6.45) is 0. The monoisotopic (exact) mass is 399 g/mol. The SMILES string of the molecule is C[C@H]1C(=O)Nc2ccc(C(=O)CSc3nnc(-c4ccc(Cl)cc4)o3)cc21. The van der Waals surface area contributed by atoms with Crippen molar-refractivity contribution in [2.75, 3.05) is 11.1 Å². The molecule has 2 heterocycles. The number of benzene rings is 2. The fraction of sp³-hybridized carbons (Fsp3) is 0.158. The fourth-order valence-electron chi connectivity index (χ4n) is 2.78. The van der Waals surface area contributed by atoms with Crippen LogP contribution in [0.1, 0.15) is 28.8 Å². The first kappa shape index (κ1) is 17.8. The number of ketones is 1. The van der Waals surface area contributed by atoms with Gasteiger partial charge in [-0.05, 0) is 55.0 Å². The molecular weight excluding hydrogens is 386 g/mol. The number of hydrogen-bond acceptors (Lipinski definition) is 6. The van der Waals surface area contributed by atoms with Crippen LogP contribution in [0, 0.1) is 0 Å². The Morgan fingerprint density at radius 3 is 2.78 bits per heavy atom. The van der Waals surface area contributed by atoms with Gasteiger partial charge in [-0.1, -0.05) is 23.4 Å². The second-order valence-electron chi connectivity index (χ2n) is 6.10. The van der Waals surface area contributed by atoms with E-state index >= 15 is 0 Å². The molecule has 0 bridgehead atoms. The van der Waals surface area contributed by atoms with Crippen LogP contribution in [0.3, 0.4) is 0 Å². The van der Waals surface area contributed by atoms with E-state index in [1.165, 1.54) is 11.8 Å². The number of hydrogen-bond donors (Lipinski definition) is 1. The van der Waals surface area contributed by atoms with Crippen LogP contribution in [0.15, 0.2) is 52.1 Å². The number of Topliss-reactive ketones (excluding diaryl/α,β-unsaturated/α-hetero) is 1. The second kappa shape index (κ2) is 7.17. The zero-order chi connectivity index (χ0) is 19.0. The molecule has 0 fully saturated rings. The molecule has 3 aromatic rings. The molecule has 1 N–H and O–H groups in total. The summed E-state index contributed by atoms with van der Waals surface area (Å²) < 4.78 is 5.59. The Morgan fingerprint density at radius 1 is 1.22 bits per heavy atom. The molecule has 1 amide bonds. The largest absolute Gasteiger partial charge is 0.411 e. The van der Waals surface area contributed by atoms with E-state index in [1.807, 2.05) is 6.92 Å². The normalized spacial score (nSPS) is 15.5. The molecule has 136 valence electrons. The third kappa shape index (κ3) is 3.61. The van der Waals surface area contributed by atoms with Crippen molar-refractivity contribution in [3.05, 3.63) is 58.6 Å². The Bertz CT molecular complexity index is 1030. The predicted molar refractivity (Wildman–Crippen MR) is 103 cm³/mol. The van der Waals surface area contributed by atoms with Crippen LogP contribution < -0.4 is 5.32 Å². The van der Waals surface area contributed by atoms with E-state index in [0.717, 1.165) is 16.8 Å². The highest BCUT2D eigenvalue weighted by molar-refractivity contribution is 7.99. The van der Waals surface area contributed by atoms with E-state index in [1.54, 1.807) is 42.5 Å². The highest BCUT2D eigenvalue weighted by Gasteiger charge is 2.27. The molecule has 0 saturated heterocycles. The summed E-state index contributed by atoms with van der Waals surface area (Å²) in [5.41, 5.74) is 2.93. The molecule has 1 aliphatic heterocycles. The van der Waals surface area contributed by atoms with Crippen molar-refractivity contribution in [2.45, 2.75) is 18.1 Å². The highest BCUT2D eigenvalue weighted by Crippen LogP contribution is 2.33. The summed E-state index contributed by atoms with van der Waals surface area (Å²) in [5.74, 6) is 0.164. The standard InChI is InChI=1S/C19H14ClN3O3S/c1-10-14-8-12(4-7-15(14)21-17(10)25)16(24)9-27-19-23-22-18(26-19)11-2-5-13(20)6-3-11/h2-8,10H,9H2,1H3,(H,21,25)/t10-/m1/s1. The van der Waals surface area contributed by atoms with Gasteiger partial charge in [0.05, 0.1) is 11.7 Å². The number of nitrogens with zero attached hydrogens (tertiary/aromatic N) is 2. The van der Waals surface area contributed by atoms with Crippen LogP contribution in [-0.2, 0) is 4.79 Å². The Balaban J connectivity index is 1.43. The molecule has 1 atom stereocenters. The van der Waals surface area contributed by atoms with Crippen LogP contribution in [0.25, 0.3) is 11.5 Å². The van der Waals surface area contributed by atoms with Crippen molar-refractivity contribution < 1.29 is 14.0 Å². The van der Waals surface area contributed by atoms with E-state index in [9.17, 15) is 9.59 Å². The molecule has 27 heavy (non-hydrogen) atoms. The Morgan fingerprint density at radius 2 is 2.00 bits per heavy atom. The summed E-state index contributed by atoms with van der Waals surface area (Å²) in [7, 11) is 0. The minimum absolute atomic E-state index is 0.0513. The number of anilines is 1. The summed E-state index contributed by atoms with van der Waals surface area (Å²) in [6, 6.07) is 12.3. The topological polar surface area (TPSA) is 85.1 Å². The zero-order valence-corrected chi connectivity index (χ0v) is 15.8. The molecule has 0 unspecified atom stereocenters. The maximum Gasteiger partial charge on any atom is 0.277 e. The molecule has 0 radical (unpaired) electrons. The maximum atomic E-state index is 12.5. The first-order valence-corrected chi connectivity index (χ1v) is 9.58. The molecule has 2 aromatic carbocycles. The average Bonchev–Trinajstić information content (AvgIpc) is 3.25. The van der Waals surface area contributed by atoms with E-state index in [-0.39, 0.29) is 23.4 Å². The van der Waals surface area contributed by atoms with Crippen LogP contribution >= 0.6 is 23.4 Å². The highest BCUT2D eigenvalue weighted by atomic mass is 35.5. The third-order valence-electron chi connectivity index (χ3n) is 4.32. The summed E-state index contributed by atoms with van der Waals surface area (Å²) in [4.78, 5) is 24.2. The number of nitrogens with one attached hydrogen (secondary N) is 1. The number of rotatable bonds is 5. The average molecular weight is 400 g/mol. The van der Waals surface area contributed by atoms with Gasteiger partial charge in [0.25, 0.3) is 5.22 Å². The summed E-state index contributed by atoms with van der Waals surface area (Å²) >= 11 is 7.05. The lowest BCUT2D eigenvalue weighted by Gasteiger charge is -2.04. The molecule has 6 nitrogen and oxygen atoms in total. The van der Waals surface area contributed by atoms with Gasteiger partial charge in [0.1, 0.15) is 0 Å². The van der Waals surface area contributed by atoms with Crippen LogP contribution in [0.4, 0.5) is 5.69 Å². The first-order valence-electron chi connectivity index (χ1n) is 8.21. The fourth-order valence-corrected chi connectivity index (χ4v) is 3.56. The molecule has 1 aromatic heterocycles. The van der Waals surface area contributed by atoms with Gasteiger partial charge in [0.15, 0.2) is 5.78 Å². The van der Waals surface area contributed by atoms with Gasteiger partial charge < -0.3 is 9.73 Å². The number of fused-ring (bicyclic) bond motifs is 1. The number of thioether (sulfide) groups is 1. The Hall–Kier alpha value is -2.64. The molecule has 0 saturated carbocycles. The Labute approximate surface area is 164 Å². The van der Waals surface area contributed by atoms with Crippen molar-refractivity contribution >= 4 is 40.7 Å². The predicted octanol–water partition coefficient (Wildman–Crippen LogP) is 4.42. The van der Waals surface area contributed by atoms with Gasteiger partial charge >= 0.3 is 0 Å². The van der Waals surface area contributed by atoms with Crippen molar-refractivity contribution in [2.24, 2.45) is 0 Å². The van der Waals surface area contributed by atoms with Crippen molar-refractivity contribution in [3.63, 3.8) is 0 Å². The minimum Gasteiger partial charge on any atom is -0.411 e. The lowest BCUT2D eigenvalue weighted by molar-refractivity contribution is -0.116. The lowest BCUT2D eigenvalue weighted by atomic mass is 9.99. The molecule has 8 heteroatoms. The van der Waals surface area contributed by atoms with Gasteiger partial charge in [-0.3, -0.25) is 9.59 Å². The molecule has 4 rings (SSSR count). The van der Waals surface area contributed by atoms with Gasteiger partial charge in [-0.2, -0.15) is 0 Å². The third-order valence-corrected chi connectivity index (χ3v) is 5.39. The summed E-state index contributed by atoms with van der Waals surface area (Å²) in [5, 5.41) is 11.7. The quantitative estimate of drug-likeness (QED) is 0.505. The van der Waals surface area contributed by atoms with Crippen molar-refractivity contribution in [3.8, 4) is 11.5 Å². The van der Waals surface area contributed by atoms with Gasteiger partial charge in [0.2, 0.25) is 11.8 Å². The van der Waals surface area contributed by atoms with Crippen LogP contribution in [0.2, 0.25) is 5.02 Å². The van der Waals surface area contributed by atoms with Crippen LogP contribution in [0.5, 0.6) is 0 Å². The number of carbonyl (C=O) groups excluding carboxylic acids is 2. The van der Waals surface area contributed by atoms with Gasteiger partial charge in [-0.25, -0.2) is 0 Å².